The van der Waals surface area contributed by atoms with Crippen molar-refractivity contribution < 1.29 is 14.3 Å². The molecule has 0 bridgehead atoms. The highest BCUT2D eigenvalue weighted by atomic mass is 16.5. The van der Waals surface area contributed by atoms with Gasteiger partial charge in [0.05, 0.1) is 13.7 Å². The summed E-state index contributed by atoms with van der Waals surface area (Å²) in [6.07, 6.45) is 0. The third kappa shape index (κ3) is 3.32. The average Bonchev–Trinajstić information content (AvgIpc) is 2.28. The SMILES string of the molecule is CCOC(=O)C#Cc1cc(OC)ccc1C. The van der Waals surface area contributed by atoms with E-state index in [1.54, 1.807) is 20.1 Å². The van der Waals surface area contributed by atoms with Crippen LogP contribution in [-0.4, -0.2) is 19.7 Å². The summed E-state index contributed by atoms with van der Waals surface area (Å²) in [5, 5.41) is 0. The first kappa shape index (κ1) is 12.1. The van der Waals surface area contributed by atoms with Crippen molar-refractivity contribution in [1.29, 1.82) is 0 Å². The second kappa shape index (κ2) is 5.82. The van der Waals surface area contributed by atoms with Gasteiger partial charge in [0.15, 0.2) is 0 Å². The van der Waals surface area contributed by atoms with Crippen LogP contribution in [0.2, 0.25) is 0 Å². The molecule has 1 rings (SSSR count). The quantitative estimate of drug-likeness (QED) is 0.562. The van der Waals surface area contributed by atoms with Gasteiger partial charge in [-0.2, -0.15) is 0 Å². The molecule has 0 aliphatic carbocycles. The Labute approximate surface area is 95.4 Å². The molecular formula is C13H14O3. The van der Waals surface area contributed by atoms with E-state index in [4.69, 9.17) is 9.47 Å². The summed E-state index contributed by atoms with van der Waals surface area (Å²) in [4.78, 5) is 11.1. The molecule has 0 spiro atoms. The van der Waals surface area contributed by atoms with Crippen molar-refractivity contribution in [2.75, 3.05) is 13.7 Å². The number of methoxy groups -OCH3 is 1. The van der Waals surface area contributed by atoms with E-state index in [1.807, 2.05) is 19.1 Å². The van der Waals surface area contributed by atoms with E-state index in [2.05, 4.69) is 11.8 Å². The van der Waals surface area contributed by atoms with E-state index in [1.165, 1.54) is 0 Å². The smallest absolute Gasteiger partial charge is 0.384 e. The number of aryl methyl sites for hydroxylation is 1. The number of carbonyl (C=O) groups excluding carboxylic acids is 1. The van der Waals surface area contributed by atoms with Crippen molar-refractivity contribution in [1.82, 2.24) is 0 Å². The van der Waals surface area contributed by atoms with Crippen molar-refractivity contribution in [3.05, 3.63) is 29.3 Å². The molecule has 84 valence electrons. The van der Waals surface area contributed by atoms with E-state index in [-0.39, 0.29) is 0 Å². The summed E-state index contributed by atoms with van der Waals surface area (Å²) in [6, 6.07) is 5.54. The van der Waals surface area contributed by atoms with Crippen molar-refractivity contribution in [3.63, 3.8) is 0 Å². The van der Waals surface area contributed by atoms with E-state index < -0.39 is 5.97 Å². The summed E-state index contributed by atoms with van der Waals surface area (Å²) < 4.78 is 9.80. The lowest BCUT2D eigenvalue weighted by atomic mass is 10.1. The second-order valence-electron chi connectivity index (χ2n) is 3.15. The average molecular weight is 218 g/mol. The lowest BCUT2D eigenvalue weighted by Crippen LogP contribution is -1.99. The monoisotopic (exact) mass is 218 g/mol. The maximum atomic E-state index is 11.1. The van der Waals surface area contributed by atoms with Gasteiger partial charge < -0.3 is 9.47 Å². The van der Waals surface area contributed by atoms with Crippen LogP contribution in [-0.2, 0) is 9.53 Å². The molecule has 0 aliphatic heterocycles. The van der Waals surface area contributed by atoms with Crippen molar-refractivity contribution in [2.24, 2.45) is 0 Å². The van der Waals surface area contributed by atoms with Gasteiger partial charge in [-0.25, -0.2) is 4.79 Å². The third-order valence-corrected chi connectivity index (χ3v) is 2.02. The van der Waals surface area contributed by atoms with Gasteiger partial charge in [0.1, 0.15) is 5.75 Å². The molecule has 1 aromatic carbocycles. The molecule has 1 aromatic rings. The zero-order valence-corrected chi connectivity index (χ0v) is 9.66. The lowest BCUT2D eigenvalue weighted by molar-refractivity contribution is -0.136. The Balaban J connectivity index is 2.91. The Morgan fingerprint density at radius 3 is 2.81 bits per heavy atom. The van der Waals surface area contributed by atoms with Gasteiger partial charge in [-0.1, -0.05) is 12.0 Å². The predicted octanol–water partition coefficient (Wildman–Crippen LogP) is 1.92. The van der Waals surface area contributed by atoms with Crippen LogP contribution in [0.25, 0.3) is 0 Å². The van der Waals surface area contributed by atoms with Gasteiger partial charge >= 0.3 is 5.97 Å². The van der Waals surface area contributed by atoms with Crippen LogP contribution in [0.1, 0.15) is 18.1 Å². The summed E-state index contributed by atoms with van der Waals surface area (Å²) in [5.74, 6) is 5.40. The zero-order valence-electron chi connectivity index (χ0n) is 9.66. The topological polar surface area (TPSA) is 35.5 Å². The molecule has 0 heterocycles. The minimum atomic E-state index is -0.510. The Kier molecular flexibility index (Phi) is 4.41. The molecule has 0 unspecified atom stereocenters. The number of benzene rings is 1. The van der Waals surface area contributed by atoms with Gasteiger partial charge in [0.2, 0.25) is 0 Å². The van der Waals surface area contributed by atoms with E-state index in [0.29, 0.717) is 6.61 Å². The van der Waals surface area contributed by atoms with E-state index >= 15 is 0 Å². The molecule has 16 heavy (non-hydrogen) atoms. The lowest BCUT2D eigenvalue weighted by Gasteiger charge is -2.02. The highest BCUT2D eigenvalue weighted by Crippen LogP contribution is 2.15. The number of carbonyl (C=O) groups is 1. The van der Waals surface area contributed by atoms with Gasteiger partial charge in [-0.15, -0.1) is 0 Å². The standard InChI is InChI=1S/C13H14O3/c1-4-16-13(14)8-6-11-9-12(15-3)7-5-10(11)2/h5,7,9H,4H2,1-3H3. The summed E-state index contributed by atoms with van der Waals surface area (Å²) in [5.41, 5.74) is 1.77. The van der Waals surface area contributed by atoms with E-state index in [9.17, 15) is 4.79 Å². The van der Waals surface area contributed by atoms with Crippen LogP contribution in [0.3, 0.4) is 0 Å². The first-order chi connectivity index (χ1) is 7.67. The van der Waals surface area contributed by atoms with E-state index in [0.717, 1.165) is 16.9 Å². The molecule has 0 radical (unpaired) electrons. The molecule has 3 heteroatoms. The zero-order chi connectivity index (χ0) is 12.0. The maximum Gasteiger partial charge on any atom is 0.384 e. The van der Waals surface area contributed by atoms with Crippen molar-refractivity contribution in [3.8, 4) is 17.6 Å². The molecule has 0 fully saturated rings. The number of esters is 1. The van der Waals surface area contributed by atoms with Crippen molar-refractivity contribution in [2.45, 2.75) is 13.8 Å². The molecular weight excluding hydrogens is 204 g/mol. The summed E-state index contributed by atoms with van der Waals surface area (Å²) >= 11 is 0. The highest BCUT2D eigenvalue weighted by Gasteiger charge is 1.98. The van der Waals surface area contributed by atoms with Gasteiger partial charge in [0.25, 0.3) is 0 Å². The first-order valence-electron chi connectivity index (χ1n) is 5.00. The maximum absolute atomic E-state index is 11.1. The van der Waals surface area contributed by atoms with Crippen LogP contribution in [0.4, 0.5) is 0 Å². The van der Waals surface area contributed by atoms with Crippen LogP contribution in [0, 0.1) is 18.8 Å². The molecule has 0 N–H and O–H groups in total. The number of ether oxygens (including phenoxy) is 2. The fourth-order valence-corrected chi connectivity index (χ4v) is 1.15. The Morgan fingerprint density at radius 2 is 2.19 bits per heavy atom. The fourth-order valence-electron chi connectivity index (χ4n) is 1.15. The van der Waals surface area contributed by atoms with Gasteiger partial charge in [-0.05, 0) is 31.5 Å². The fraction of sp³-hybridized carbons (Fsp3) is 0.308. The second-order valence-corrected chi connectivity index (χ2v) is 3.15. The first-order valence-corrected chi connectivity index (χ1v) is 5.00. The van der Waals surface area contributed by atoms with Gasteiger partial charge in [-0.3, -0.25) is 0 Å². The molecule has 0 aromatic heterocycles. The Bertz CT molecular complexity index is 438. The normalized spacial score (nSPS) is 8.94. The number of rotatable bonds is 2. The molecule has 0 atom stereocenters. The Morgan fingerprint density at radius 1 is 1.44 bits per heavy atom. The molecule has 0 saturated carbocycles. The minimum Gasteiger partial charge on any atom is -0.497 e. The molecule has 0 aliphatic rings. The van der Waals surface area contributed by atoms with Crippen LogP contribution >= 0.6 is 0 Å². The minimum absolute atomic E-state index is 0.338. The summed E-state index contributed by atoms with van der Waals surface area (Å²) in [7, 11) is 1.59. The van der Waals surface area contributed by atoms with Crippen LogP contribution in [0.5, 0.6) is 5.75 Å². The predicted molar refractivity (Wildman–Crippen MR) is 61.2 cm³/mol. The summed E-state index contributed by atoms with van der Waals surface area (Å²) in [6.45, 7) is 4.01. The van der Waals surface area contributed by atoms with Crippen molar-refractivity contribution >= 4 is 5.97 Å². The largest absolute Gasteiger partial charge is 0.497 e. The number of hydrogen-bond acceptors (Lipinski definition) is 3. The third-order valence-electron chi connectivity index (χ3n) is 2.02. The molecule has 0 amide bonds. The molecule has 3 nitrogen and oxygen atoms in total. The van der Waals surface area contributed by atoms with Crippen LogP contribution < -0.4 is 4.74 Å². The number of hydrogen-bond donors (Lipinski definition) is 0. The van der Waals surface area contributed by atoms with Crippen LogP contribution in [0.15, 0.2) is 18.2 Å². The highest BCUT2D eigenvalue weighted by molar-refractivity contribution is 5.89. The van der Waals surface area contributed by atoms with Gasteiger partial charge in [0, 0.05) is 11.5 Å². The molecule has 0 saturated heterocycles. The Hall–Kier alpha value is -1.95.